The maximum Gasteiger partial charge on any atom is 0.293 e. The SMILES string of the molecule is O=C(Nc1ncn(Cc2ccc(F)cc2Cl)n1)c1ccc(COc2c(F)c(F)cc(F)c2F)o1. The van der Waals surface area contributed by atoms with E-state index < -0.39 is 47.3 Å². The number of carbonyl (C=O) groups excluding carboxylic acids is 1. The number of amides is 1. The van der Waals surface area contributed by atoms with Gasteiger partial charge in [0.25, 0.3) is 5.91 Å². The summed E-state index contributed by atoms with van der Waals surface area (Å²) in [5.41, 5.74) is 0.576. The van der Waals surface area contributed by atoms with Gasteiger partial charge in [-0.3, -0.25) is 10.1 Å². The van der Waals surface area contributed by atoms with Gasteiger partial charge in [0, 0.05) is 11.1 Å². The molecule has 2 heterocycles. The van der Waals surface area contributed by atoms with Crippen molar-refractivity contribution < 1.29 is 35.9 Å². The molecule has 0 aliphatic heterocycles. The van der Waals surface area contributed by atoms with Crippen LogP contribution in [0.2, 0.25) is 5.02 Å². The number of anilines is 1. The second kappa shape index (κ2) is 9.51. The first kappa shape index (κ1) is 23.2. The number of carbonyl (C=O) groups is 1. The van der Waals surface area contributed by atoms with E-state index in [0.717, 1.165) is 6.07 Å². The van der Waals surface area contributed by atoms with Crippen LogP contribution in [0.4, 0.5) is 27.9 Å². The standard InChI is InChI=1S/C21H12ClF5N4O3/c22-13-5-11(23)2-1-10(13)7-31-9-28-21(30-31)29-20(32)16-4-3-12(34-16)8-33-19-17(26)14(24)6-15(25)18(19)27/h1-6,9H,7-8H2,(H,29,30,32). The monoisotopic (exact) mass is 498 g/mol. The Morgan fingerprint density at radius 3 is 2.50 bits per heavy atom. The van der Waals surface area contributed by atoms with Gasteiger partial charge in [-0.1, -0.05) is 17.7 Å². The summed E-state index contributed by atoms with van der Waals surface area (Å²) in [5, 5.41) is 6.63. The highest BCUT2D eigenvalue weighted by Crippen LogP contribution is 2.27. The van der Waals surface area contributed by atoms with E-state index in [1.165, 1.54) is 35.3 Å². The van der Waals surface area contributed by atoms with Crippen LogP contribution >= 0.6 is 11.6 Å². The molecule has 4 aromatic rings. The molecule has 1 N–H and O–H groups in total. The van der Waals surface area contributed by atoms with Crippen molar-refractivity contribution in [3.63, 3.8) is 0 Å². The van der Waals surface area contributed by atoms with E-state index in [4.69, 9.17) is 20.8 Å². The highest BCUT2D eigenvalue weighted by atomic mass is 35.5. The van der Waals surface area contributed by atoms with Crippen LogP contribution in [0.15, 0.2) is 47.1 Å². The van der Waals surface area contributed by atoms with Gasteiger partial charge in [0.15, 0.2) is 23.1 Å². The molecule has 0 saturated carbocycles. The maximum atomic E-state index is 13.7. The summed E-state index contributed by atoms with van der Waals surface area (Å²) in [6, 6.07) is 6.44. The number of aromatic nitrogens is 3. The first-order valence-corrected chi connectivity index (χ1v) is 9.78. The molecule has 176 valence electrons. The van der Waals surface area contributed by atoms with Crippen LogP contribution in [0.3, 0.4) is 0 Å². The number of halogens is 6. The molecule has 0 aliphatic rings. The summed E-state index contributed by atoms with van der Waals surface area (Å²) in [6.07, 6.45) is 1.32. The fourth-order valence-electron chi connectivity index (χ4n) is 2.81. The van der Waals surface area contributed by atoms with E-state index >= 15 is 0 Å². The van der Waals surface area contributed by atoms with Crippen molar-refractivity contribution >= 4 is 23.5 Å². The van der Waals surface area contributed by atoms with Gasteiger partial charge in [-0.05, 0) is 29.8 Å². The van der Waals surface area contributed by atoms with Gasteiger partial charge in [-0.2, -0.15) is 8.78 Å². The Labute approximate surface area is 192 Å². The first-order valence-electron chi connectivity index (χ1n) is 9.40. The molecule has 2 aromatic carbocycles. The second-order valence-electron chi connectivity index (χ2n) is 6.81. The predicted molar refractivity (Wildman–Crippen MR) is 108 cm³/mol. The molecule has 0 fully saturated rings. The van der Waals surface area contributed by atoms with Gasteiger partial charge in [-0.15, -0.1) is 5.10 Å². The molecule has 0 unspecified atom stereocenters. The maximum absolute atomic E-state index is 13.7. The minimum Gasteiger partial charge on any atom is -0.479 e. The van der Waals surface area contributed by atoms with Gasteiger partial charge in [0.05, 0.1) is 6.54 Å². The molecule has 4 rings (SSSR count). The topological polar surface area (TPSA) is 82.2 Å². The third kappa shape index (κ3) is 5.01. The summed E-state index contributed by atoms with van der Waals surface area (Å²) in [4.78, 5) is 16.3. The zero-order chi connectivity index (χ0) is 24.4. The number of nitrogens with one attached hydrogen (secondary N) is 1. The molecule has 0 atom stereocenters. The van der Waals surface area contributed by atoms with E-state index in [0.29, 0.717) is 5.56 Å². The number of ether oxygens (including phenoxy) is 1. The van der Waals surface area contributed by atoms with Crippen LogP contribution in [0.5, 0.6) is 5.75 Å². The summed E-state index contributed by atoms with van der Waals surface area (Å²) in [5.74, 6) is -9.49. The fraction of sp³-hybridized carbons (Fsp3) is 0.0952. The number of furan rings is 1. The van der Waals surface area contributed by atoms with Gasteiger partial charge in [0.2, 0.25) is 17.6 Å². The molecule has 0 saturated heterocycles. The predicted octanol–water partition coefficient (Wildman–Crippen LogP) is 5.10. The van der Waals surface area contributed by atoms with Crippen LogP contribution in [0.25, 0.3) is 0 Å². The average Bonchev–Trinajstić information content (AvgIpc) is 3.44. The Hall–Kier alpha value is -3.93. The van der Waals surface area contributed by atoms with Crippen molar-refractivity contribution in [1.29, 1.82) is 0 Å². The summed E-state index contributed by atoms with van der Waals surface area (Å²) in [7, 11) is 0. The molecule has 0 aliphatic carbocycles. The number of benzene rings is 2. The average molecular weight is 499 g/mol. The van der Waals surface area contributed by atoms with Gasteiger partial charge in [0.1, 0.15) is 24.5 Å². The Morgan fingerprint density at radius 1 is 1.06 bits per heavy atom. The van der Waals surface area contributed by atoms with Crippen LogP contribution < -0.4 is 10.1 Å². The number of nitrogens with zero attached hydrogens (tertiary/aromatic N) is 3. The lowest BCUT2D eigenvalue weighted by atomic mass is 10.2. The van der Waals surface area contributed by atoms with Crippen LogP contribution in [0, 0.1) is 29.1 Å². The van der Waals surface area contributed by atoms with Crippen LogP contribution in [-0.4, -0.2) is 20.7 Å². The third-order valence-corrected chi connectivity index (χ3v) is 4.78. The highest BCUT2D eigenvalue weighted by Gasteiger charge is 2.21. The van der Waals surface area contributed by atoms with Gasteiger partial charge < -0.3 is 9.15 Å². The second-order valence-corrected chi connectivity index (χ2v) is 7.21. The lowest BCUT2D eigenvalue weighted by Crippen LogP contribution is -2.12. The molecule has 2 aromatic heterocycles. The Bertz CT molecular complexity index is 1350. The Balaban J connectivity index is 1.38. The molecule has 7 nitrogen and oxygen atoms in total. The minimum absolute atomic E-state index is 0.0521. The lowest BCUT2D eigenvalue weighted by Gasteiger charge is -2.08. The largest absolute Gasteiger partial charge is 0.479 e. The molecule has 1 amide bonds. The van der Waals surface area contributed by atoms with Crippen molar-refractivity contribution in [2.24, 2.45) is 0 Å². The number of hydrogen-bond acceptors (Lipinski definition) is 5. The summed E-state index contributed by atoms with van der Waals surface area (Å²) < 4.78 is 78.3. The van der Waals surface area contributed by atoms with Crippen LogP contribution in [-0.2, 0) is 13.2 Å². The van der Waals surface area contributed by atoms with Gasteiger partial charge in [-0.25, -0.2) is 22.8 Å². The molecule has 0 bridgehead atoms. The van der Waals surface area contributed by atoms with Crippen molar-refractivity contribution in [1.82, 2.24) is 14.8 Å². The van der Waals surface area contributed by atoms with E-state index in [1.54, 1.807) is 0 Å². The van der Waals surface area contributed by atoms with Crippen molar-refractivity contribution in [3.8, 4) is 5.75 Å². The fourth-order valence-corrected chi connectivity index (χ4v) is 3.04. The highest BCUT2D eigenvalue weighted by molar-refractivity contribution is 6.31. The zero-order valence-corrected chi connectivity index (χ0v) is 17.5. The molecular formula is C21H12ClF5N4O3. The van der Waals surface area contributed by atoms with E-state index in [2.05, 4.69) is 15.4 Å². The molecule has 0 spiro atoms. The minimum atomic E-state index is -1.70. The van der Waals surface area contributed by atoms with Crippen molar-refractivity contribution in [3.05, 3.63) is 93.9 Å². The first-order chi connectivity index (χ1) is 16.2. The normalized spacial score (nSPS) is 11.0. The number of rotatable bonds is 7. The quantitative estimate of drug-likeness (QED) is 0.283. The van der Waals surface area contributed by atoms with E-state index in [-0.39, 0.29) is 35.1 Å². The molecular weight excluding hydrogens is 487 g/mol. The Morgan fingerprint density at radius 2 is 1.79 bits per heavy atom. The van der Waals surface area contributed by atoms with E-state index in [9.17, 15) is 26.7 Å². The third-order valence-electron chi connectivity index (χ3n) is 4.42. The number of hydrogen-bond donors (Lipinski definition) is 1. The Kier molecular flexibility index (Phi) is 6.50. The van der Waals surface area contributed by atoms with Crippen molar-refractivity contribution in [2.75, 3.05) is 5.32 Å². The lowest BCUT2D eigenvalue weighted by molar-refractivity contribution is 0.0991. The summed E-state index contributed by atoms with van der Waals surface area (Å²) >= 11 is 5.98. The van der Waals surface area contributed by atoms with Crippen LogP contribution in [0.1, 0.15) is 21.9 Å². The zero-order valence-electron chi connectivity index (χ0n) is 16.8. The van der Waals surface area contributed by atoms with Gasteiger partial charge >= 0.3 is 0 Å². The van der Waals surface area contributed by atoms with E-state index in [1.807, 2.05) is 0 Å². The molecule has 13 heteroatoms. The molecule has 34 heavy (non-hydrogen) atoms. The van der Waals surface area contributed by atoms with Crippen molar-refractivity contribution in [2.45, 2.75) is 13.2 Å². The summed E-state index contributed by atoms with van der Waals surface area (Å²) in [6.45, 7) is -0.451. The smallest absolute Gasteiger partial charge is 0.293 e. The molecule has 0 radical (unpaired) electrons.